The summed E-state index contributed by atoms with van der Waals surface area (Å²) in [5.41, 5.74) is 5.70. The third-order valence-corrected chi connectivity index (χ3v) is 1.88. The Morgan fingerprint density at radius 2 is 2.00 bits per heavy atom. The first-order chi connectivity index (χ1) is 7.59. The fraction of sp³-hybridized carbons (Fsp3) is 0.182. The number of hydrogen-bond acceptors (Lipinski definition) is 3. The maximum atomic E-state index is 10.7. The molecule has 3 N–H and O–H groups in total. The van der Waals surface area contributed by atoms with Crippen molar-refractivity contribution in [2.75, 3.05) is 0 Å². The van der Waals surface area contributed by atoms with Crippen molar-refractivity contribution in [1.29, 1.82) is 0 Å². The van der Waals surface area contributed by atoms with Crippen LogP contribution in [0.3, 0.4) is 0 Å². The summed E-state index contributed by atoms with van der Waals surface area (Å²) in [7, 11) is 0. The lowest BCUT2D eigenvalue weighted by Gasteiger charge is -2.03. The molecule has 5 nitrogen and oxygen atoms in total. The van der Waals surface area contributed by atoms with Gasteiger partial charge in [-0.2, -0.15) is 0 Å². The molecule has 0 radical (unpaired) electrons. The van der Waals surface area contributed by atoms with Gasteiger partial charge >= 0.3 is 5.97 Å². The predicted octanol–water partition coefficient (Wildman–Crippen LogP) is 0.434. The Balaban J connectivity index is 2.72. The fourth-order valence-electron chi connectivity index (χ4n) is 1.11. The van der Waals surface area contributed by atoms with E-state index in [1.54, 1.807) is 12.1 Å². The second-order valence-corrected chi connectivity index (χ2v) is 3.21. The summed E-state index contributed by atoms with van der Waals surface area (Å²) in [6.07, 6.45) is 1.13. The molecule has 1 atom stereocenters. The van der Waals surface area contributed by atoms with E-state index in [4.69, 9.17) is 10.8 Å². The molecule has 1 aromatic rings. The van der Waals surface area contributed by atoms with Crippen molar-refractivity contribution in [3.05, 3.63) is 35.9 Å². The number of carbonyl (C=O) groups is 2. The highest BCUT2D eigenvalue weighted by Crippen LogP contribution is 2.00. The smallest absolute Gasteiger partial charge is 0.328 e. The first-order valence-electron chi connectivity index (χ1n) is 4.69. The highest BCUT2D eigenvalue weighted by molar-refractivity contribution is 5.87. The first kappa shape index (κ1) is 11.9. The van der Waals surface area contributed by atoms with Gasteiger partial charge in [-0.1, -0.05) is 30.3 Å². The largest absolute Gasteiger partial charge is 0.480 e. The fourth-order valence-corrected chi connectivity index (χ4v) is 1.11. The van der Waals surface area contributed by atoms with Crippen LogP contribution in [0.15, 0.2) is 35.3 Å². The highest BCUT2D eigenvalue weighted by Gasteiger charge is 2.17. The molecule has 0 bridgehead atoms. The monoisotopic (exact) mass is 220 g/mol. The minimum atomic E-state index is -1.16. The van der Waals surface area contributed by atoms with Gasteiger partial charge in [0.25, 0.3) is 0 Å². The molecule has 0 saturated carbocycles. The Labute approximate surface area is 92.6 Å². The van der Waals surface area contributed by atoms with Gasteiger partial charge in [0.05, 0.1) is 6.42 Å². The minimum absolute atomic E-state index is 0.293. The van der Waals surface area contributed by atoms with Crippen molar-refractivity contribution < 1.29 is 14.7 Å². The van der Waals surface area contributed by atoms with Gasteiger partial charge in [0.15, 0.2) is 6.04 Å². The molecule has 84 valence electrons. The molecule has 0 saturated heterocycles. The van der Waals surface area contributed by atoms with Gasteiger partial charge in [-0.25, -0.2) is 4.79 Å². The van der Waals surface area contributed by atoms with E-state index < -0.39 is 17.9 Å². The second kappa shape index (κ2) is 5.65. The van der Waals surface area contributed by atoms with Crippen LogP contribution in [0.5, 0.6) is 0 Å². The average molecular weight is 220 g/mol. The number of carboxylic acid groups (broad SMARTS) is 1. The van der Waals surface area contributed by atoms with E-state index >= 15 is 0 Å². The predicted molar refractivity (Wildman–Crippen MR) is 59.3 cm³/mol. The van der Waals surface area contributed by atoms with E-state index in [1.807, 2.05) is 18.2 Å². The summed E-state index contributed by atoms with van der Waals surface area (Å²) >= 11 is 0. The van der Waals surface area contributed by atoms with Crippen molar-refractivity contribution in [2.45, 2.75) is 12.5 Å². The number of carbonyl (C=O) groups excluding carboxylic acids is 1. The lowest BCUT2D eigenvalue weighted by Crippen LogP contribution is -2.25. The number of amides is 1. The molecule has 16 heavy (non-hydrogen) atoms. The van der Waals surface area contributed by atoms with Crippen LogP contribution in [0.1, 0.15) is 12.0 Å². The number of hydrogen-bond donors (Lipinski definition) is 2. The maximum absolute atomic E-state index is 10.7. The molecule has 0 spiro atoms. The Morgan fingerprint density at radius 1 is 1.38 bits per heavy atom. The summed E-state index contributed by atoms with van der Waals surface area (Å²) in [6, 6.07) is 7.92. The summed E-state index contributed by atoms with van der Waals surface area (Å²) in [6.45, 7) is 0. The van der Waals surface area contributed by atoms with E-state index in [-0.39, 0.29) is 6.42 Å². The normalized spacial score (nSPS) is 12.5. The Bertz CT molecular complexity index is 401. The maximum Gasteiger partial charge on any atom is 0.328 e. The van der Waals surface area contributed by atoms with E-state index in [9.17, 15) is 9.59 Å². The van der Waals surface area contributed by atoms with Crippen molar-refractivity contribution in [3.63, 3.8) is 0 Å². The number of benzene rings is 1. The van der Waals surface area contributed by atoms with Crippen molar-refractivity contribution >= 4 is 18.1 Å². The topological polar surface area (TPSA) is 92.8 Å². The van der Waals surface area contributed by atoms with Crippen molar-refractivity contribution in [2.24, 2.45) is 10.7 Å². The van der Waals surface area contributed by atoms with Crippen LogP contribution in [0.4, 0.5) is 0 Å². The highest BCUT2D eigenvalue weighted by atomic mass is 16.4. The molecule has 0 aliphatic rings. The van der Waals surface area contributed by atoms with E-state index in [1.165, 1.54) is 6.21 Å². The van der Waals surface area contributed by atoms with Gasteiger partial charge in [-0.05, 0) is 5.56 Å². The van der Waals surface area contributed by atoms with Crippen LogP contribution in [-0.2, 0) is 9.59 Å². The summed E-state index contributed by atoms with van der Waals surface area (Å²) < 4.78 is 0. The van der Waals surface area contributed by atoms with E-state index in [2.05, 4.69) is 4.99 Å². The molecular weight excluding hydrogens is 208 g/mol. The van der Waals surface area contributed by atoms with Gasteiger partial charge < -0.3 is 10.8 Å². The van der Waals surface area contributed by atoms with Crippen LogP contribution in [0.25, 0.3) is 0 Å². The molecule has 0 aromatic heterocycles. The minimum Gasteiger partial charge on any atom is -0.480 e. The summed E-state index contributed by atoms with van der Waals surface area (Å²) in [5.74, 6) is -1.84. The third-order valence-electron chi connectivity index (χ3n) is 1.88. The standard InChI is InChI=1S/C11H12N2O3/c12-10(14)6-9(11(15)16)13-7-8-4-2-1-3-5-8/h1-5,7,9H,6H2,(H2,12,14)(H,15,16). The first-order valence-corrected chi connectivity index (χ1v) is 4.69. The summed E-state index contributed by atoms with van der Waals surface area (Å²) in [5, 5.41) is 8.78. The molecule has 0 fully saturated rings. The lowest BCUT2D eigenvalue weighted by molar-refractivity contribution is -0.140. The molecule has 0 aliphatic heterocycles. The molecular formula is C11H12N2O3. The zero-order chi connectivity index (χ0) is 12.0. The number of nitrogens with zero attached hydrogens (tertiary/aromatic N) is 1. The van der Waals surface area contributed by atoms with Gasteiger partial charge in [0.1, 0.15) is 0 Å². The molecule has 5 heteroatoms. The number of primary amides is 1. The van der Waals surface area contributed by atoms with Crippen LogP contribution < -0.4 is 5.73 Å². The Morgan fingerprint density at radius 3 is 2.50 bits per heavy atom. The average Bonchev–Trinajstić information content (AvgIpc) is 2.25. The Hall–Kier alpha value is -2.17. The number of aliphatic imine (C=N–C) groups is 1. The zero-order valence-electron chi connectivity index (χ0n) is 8.54. The molecule has 0 heterocycles. The van der Waals surface area contributed by atoms with E-state index in [0.717, 1.165) is 5.56 Å². The van der Waals surface area contributed by atoms with Gasteiger partial charge in [-0.15, -0.1) is 0 Å². The van der Waals surface area contributed by atoms with Crippen LogP contribution >= 0.6 is 0 Å². The number of aliphatic carboxylic acids is 1. The zero-order valence-corrected chi connectivity index (χ0v) is 8.54. The number of nitrogens with two attached hydrogens (primary N) is 1. The molecule has 0 aliphatic carbocycles. The van der Waals surface area contributed by atoms with Gasteiger partial charge in [-0.3, -0.25) is 9.79 Å². The lowest BCUT2D eigenvalue weighted by atomic mass is 10.2. The van der Waals surface area contributed by atoms with Gasteiger partial charge in [0, 0.05) is 6.21 Å². The number of carboxylic acids is 1. The SMILES string of the molecule is NC(=O)CC(N=Cc1ccccc1)C(=O)O. The molecule has 1 unspecified atom stereocenters. The van der Waals surface area contributed by atoms with Crippen LogP contribution in [0.2, 0.25) is 0 Å². The van der Waals surface area contributed by atoms with Crippen molar-refractivity contribution in [1.82, 2.24) is 0 Å². The van der Waals surface area contributed by atoms with Crippen molar-refractivity contribution in [3.8, 4) is 0 Å². The van der Waals surface area contributed by atoms with E-state index in [0.29, 0.717) is 0 Å². The van der Waals surface area contributed by atoms with Gasteiger partial charge in [0.2, 0.25) is 5.91 Å². The second-order valence-electron chi connectivity index (χ2n) is 3.21. The molecule has 1 aromatic carbocycles. The summed E-state index contributed by atoms with van der Waals surface area (Å²) in [4.78, 5) is 25.2. The molecule has 1 rings (SSSR count). The Kier molecular flexibility index (Phi) is 4.20. The third kappa shape index (κ3) is 3.91. The molecule has 1 amide bonds. The van der Waals surface area contributed by atoms with Crippen LogP contribution in [0, 0.1) is 0 Å². The quantitative estimate of drug-likeness (QED) is 0.705. The number of rotatable bonds is 5. The van der Waals surface area contributed by atoms with Crippen LogP contribution in [-0.4, -0.2) is 29.2 Å².